The van der Waals surface area contributed by atoms with Gasteiger partial charge in [-0.25, -0.2) is 0 Å². The van der Waals surface area contributed by atoms with E-state index in [2.05, 4.69) is 5.10 Å². The first kappa shape index (κ1) is 12.5. The summed E-state index contributed by atoms with van der Waals surface area (Å²) < 4.78 is 1.42. The number of rotatable bonds is 6. The largest absolute Gasteiger partial charge is 0.395 e. The second-order valence-corrected chi connectivity index (χ2v) is 3.27. The van der Waals surface area contributed by atoms with E-state index in [1.165, 1.54) is 9.58 Å². The highest BCUT2D eigenvalue weighted by Gasteiger charge is 2.13. The van der Waals surface area contributed by atoms with Gasteiger partial charge in [0, 0.05) is 19.3 Å². The van der Waals surface area contributed by atoms with Crippen molar-refractivity contribution in [1.29, 1.82) is 0 Å². The Balaban J connectivity index is 2.54. The molecular formula is C9H16N4O3. The van der Waals surface area contributed by atoms with Crippen LogP contribution in [0.15, 0.2) is 12.3 Å². The minimum atomic E-state index is -0.216. The number of nitrogen functional groups attached to an aromatic ring is 1. The molecule has 7 heteroatoms. The van der Waals surface area contributed by atoms with Crippen molar-refractivity contribution in [2.45, 2.75) is 6.54 Å². The SMILES string of the molecule is Nc1ccn(CC(=O)N(CCO)CCO)n1. The van der Waals surface area contributed by atoms with E-state index < -0.39 is 0 Å². The Bertz CT molecular complexity index is 333. The minimum absolute atomic E-state index is 0.0528. The lowest BCUT2D eigenvalue weighted by Crippen LogP contribution is -2.38. The first-order valence-corrected chi connectivity index (χ1v) is 4.95. The van der Waals surface area contributed by atoms with Crippen LogP contribution in [-0.2, 0) is 11.3 Å². The van der Waals surface area contributed by atoms with Crippen LogP contribution >= 0.6 is 0 Å². The zero-order chi connectivity index (χ0) is 12.0. The third-order valence-corrected chi connectivity index (χ3v) is 2.05. The van der Waals surface area contributed by atoms with Crippen molar-refractivity contribution >= 4 is 11.7 Å². The van der Waals surface area contributed by atoms with Crippen molar-refractivity contribution in [2.75, 3.05) is 32.0 Å². The van der Waals surface area contributed by atoms with Crippen LogP contribution in [0.2, 0.25) is 0 Å². The zero-order valence-corrected chi connectivity index (χ0v) is 8.91. The maximum atomic E-state index is 11.7. The molecule has 0 atom stereocenters. The van der Waals surface area contributed by atoms with Gasteiger partial charge >= 0.3 is 0 Å². The molecule has 1 rings (SSSR count). The molecule has 1 aromatic heterocycles. The summed E-state index contributed by atoms with van der Waals surface area (Å²) in [5.41, 5.74) is 5.41. The van der Waals surface area contributed by atoms with Crippen LogP contribution in [0.5, 0.6) is 0 Å². The normalized spacial score (nSPS) is 10.4. The van der Waals surface area contributed by atoms with Gasteiger partial charge in [-0.15, -0.1) is 0 Å². The number of aromatic nitrogens is 2. The van der Waals surface area contributed by atoms with E-state index in [-0.39, 0.29) is 38.8 Å². The number of hydrogen-bond acceptors (Lipinski definition) is 5. The lowest BCUT2D eigenvalue weighted by molar-refractivity contribution is -0.133. The molecule has 0 unspecified atom stereocenters. The molecule has 0 saturated heterocycles. The second kappa shape index (κ2) is 6.09. The summed E-state index contributed by atoms with van der Waals surface area (Å²) in [7, 11) is 0. The Kier molecular flexibility index (Phi) is 4.74. The number of aliphatic hydroxyl groups is 2. The van der Waals surface area contributed by atoms with Crippen molar-refractivity contribution in [3.63, 3.8) is 0 Å². The highest BCUT2D eigenvalue weighted by Crippen LogP contribution is 1.98. The van der Waals surface area contributed by atoms with E-state index in [1.54, 1.807) is 12.3 Å². The van der Waals surface area contributed by atoms with E-state index in [4.69, 9.17) is 15.9 Å². The van der Waals surface area contributed by atoms with Crippen LogP contribution in [0, 0.1) is 0 Å². The molecule has 0 saturated carbocycles. The maximum absolute atomic E-state index is 11.7. The van der Waals surface area contributed by atoms with Crippen molar-refractivity contribution in [3.05, 3.63) is 12.3 Å². The highest BCUT2D eigenvalue weighted by molar-refractivity contribution is 5.75. The molecule has 7 nitrogen and oxygen atoms in total. The highest BCUT2D eigenvalue weighted by atomic mass is 16.3. The average Bonchev–Trinajstić information content (AvgIpc) is 2.63. The Morgan fingerprint density at radius 2 is 2.06 bits per heavy atom. The van der Waals surface area contributed by atoms with E-state index >= 15 is 0 Å². The van der Waals surface area contributed by atoms with Gasteiger partial charge in [-0.05, 0) is 6.07 Å². The predicted molar refractivity (Wildman–Crippen MR) is 57.4 cm³/mol. The van der Waals surface area contributed by atoms with Gasteiger partial charge in [0.15, 0.2) is 0 Å². The lowest BCUT2D eigenvalue weighted by atomic mass is 10.4. The summed E-state index contributed by atoms with van der Waals surface area (Å²) in [6.07, 6.45) is 1.60. The third kappa shape index (κ3) is 3.52. The van der Waals surface area contributed by atoms with Crippen molar-refractivity contribution in [2.24, 2.45) is 0 Å². The number of hydrogen-bond donors (Lipinski definition) is 3. The van der Waals surface area contributed by atoms with Crippen molar-refractivity contribution in [1.82, 2.24) is 14.7 Å². The number of carbonyl (C=O) groups excluding carboxylic acids is 1. The van der Waals surface area contributed by atoms with Gasteiger partial charge in [0.05, 0.1) is 13.2 Å². The quantitative estimate of drug-likeness (QED) is 0.537. The van der Waals surface area contributed by atoms with Gasteiger partial charge in [0.2, 0.25) is 5.91 Å². The molecule has 0 bridgehead atoms. The molecule has 0 radical (unpaired) electrons. The molecule has 0 aliphatic carbocycles. The molecule has 1 aromatic rings. The van der Waals surface area contributed by atoms with Gasteiger partial charge in [-0.1, -0.05) is 0 Å². The fourth-order valence-electron chi connectivity index (χ4n) is 1.31. The van der Waals surface area contributed by atoms with Gasteiger partial charge in [0.25, 0.3) is 0 Å². The number of anilines is 1. The number of nitrogens with two attached hydrogens (primary N) is 1. The first-order chi connectivity index (χ1) is 7.67. The lowest BCUT2D eigenvalue weighted by Gasteiger charge is -2.20. The maximum Gasteiger partial charge on any atom is 0.244 e. The van der Waals surface area contributed by atoms with Gasteiger partial charge < -0.3 is 20.8 Å². The zero-order valence-electron chi connectivity index (χ0n) is 8.91. The summed E-state index contributed by atoms with van der Waals surface area (Å²) in [5, 5.41) is 21.4. The van der Waals surface area contributed by atoms with E-state index in [0.717, 1.165) is 0 Å². The molecule has 1 amide bonds. The van der Waals surface area contributed by atoms with Gasteiger partial charge in [0.1, 0.15) is 12.4 Å². The van der Waals surface area contributed by atoms with Crippen molar-refractivity contribution < 1.29 is 15.0 Å². The van der Waals surface area contributed by atoms with Crippen LogP contribution in [0.25, 0.3) is 0 Å². The van der Waals surface area contributed by atoms with Crippen molar-refractivity contribution in [3.8, 4) is 0 Å². The van der Waals surface area contributed by atoms with Crippen LogP contribution < -0.4 is 5.73 Å². The van der Waals surface area contributed by atoms with Crippen LogP contribution in [-0.4, -0.2) is 57.1 Å². The van der Waals surface area contributed by atoms with E-state index in [1.807, 2.05) is 0 Å². The molecule has 1 heterocycles. The second-order valence-electron chi connectivity index (χ2n) is 3.27. The third-order valence-electron chi connectivity index (χ3n) is 2.05. The summed E-state index contributed by atoms with van der Waals surface area (Å²) in [6.45, 7) is 0.198. The van der Waals surface area contributed by atoms with Gasteiger partial charge in [-0.2, -0.15) is 5.10 Å². The average molecular weight is 228 g/mol. The standard InChI is InChI=1S/C9H16N4O3/c10-8-1-2-13(11-8)7-9(16)12(3-5-14)4-6-15/h1-2,14-15H,3-7H2,(H2,10,11). The minimum Gasteiger partial charge on any atom is -0.395 e. The van der Waals surface area contributed by atoms with E-state index in [0.29, 0.717) is 5.82 Å². The smallest absolute Gasteiger partial charge is 0.244 e. The number of amides is 1. The summed E-state index contributed by atoms with van der Waals surface area (Å²) in [6, 6.07) is 1.59. The Morgan fingerprint density at radius 3 is 2.50 bits per heavy atom. The topological polar surface area (TPSA) is 105 Å². The fraction of sp³-hybridized carbons (Fsp3) is 0.556. The van der Waals surface area contributed by atoms with E-state index in [9.17, 15) is 4.79 Å². The molecule has 0 fully saturated rings. The number of carbonyl (C=O) groups is 1. The Morgan fingerprint density at radius 1 is 1.44 bits per heavy atom. The molecule has 4 N–H and O–H groups in total. The molecule has 90 valence electrons. The number of aliphatic hydroxyl groups excluding tert-OH is 2. The molecule has 0 spiro atoms. The van der Waals surface area contributed by atoms with Crippen LogP contribution in [0.1, 0.15) is 0 Å². The Labute approximate surface area is 93.1 Å². The Hall–Kier alpha value is -1.60. The molecule has 0 aliphatic heterocycles. The predicted octanol–water partition coefficient (Wildman–Crippen LogP) is -1.72. The van der Waals surface area contributed by atoms with Crippen LogP contribution in [0.4, 0.5) is 5.82 Å². The summed E-state index contributed by atoms with van der Waals surface area (Å²) in [4.78, 5) is 13.1. The molecule has 0 aromatic carbocycles. The fourth-order valence-corrected chi connectivity index (χ4v) is 1.31. The van der Waals surface area contributed by atoms with Gasteiger partial charge in [-0.3, -0.25) is 9.48 Å². The molecular weight excluding hydrogens is 212 g/mol. The molecule has 16 heavy (non-hydrogen) atoms. The monoisotopic (exact) mass is 228 g/mol. The molecule has 0 aliphatic rings. The summed E-state index contributed by atoms with van der Waals surface area (Å²) >= 11 is 0. The summed E-state index contributed by atoms with van der Waals surface area (Å²) in [5.74, 6) is 0.134. The first-order valence-electron chi connectivity index (χ1n) is 4.95. The van der Waals surface area contributed by atoms with Crippen LogP contribution in [0.3, 0.4) is 0 Å². The number of nitrogens with zero attached hydrogens (tertiary/aromatic N) is 3.